The van der Waals surface area contributed by atoms with E-state index >= 15 is 0 Å². The van der Waals surface area contributed by atoms with Crippen LogP contribution in [0.2, 0.25) is 5.02 Å². The molecule has 0 spiro atoms. The van der Waals surface area contributed by atoms with Crippen molar-refractivity contribution >= 4 is 23.2 Å². The first kappa shape index (κ1) is 20.6. The molecule has 1 amide bonds. The number of hydrogen-bond donors (Lipinski definition) is 2. The van der Waals surface area contributed by atoms with E-state index in [1.54, 1.807) is 18.2 Å². The highest BCUT2D eigenvalue weighted by Gasteiger charge is 2.14. The Morgan fingerprint density at radius 2 is 1.97 bits per heavy atom. The first-order valence-electron chi connectivity index (χ1n) is 10.5. The van der Waals surface area contributed by atoms with Crippen molar-refractivity contribution in [3.8, 4) is 0 Å². The topological polar surface area (TPSA) is 71.8 Å². The molecule has 1 aliphatic heterocycles. The van der Waals surface area contributed by atoms with E-state index in [1.807, 2.05) is 30.3 Å². The van der Waals surface area contributed by atoms with Gasteiger partial charge in [-0.15, -0.1) is 10.2 Å². The van der Waals surface area contributed by atoms with Crippen molar-refractivity contribution in [3.63, 3.8) is 0 Å². The molecular weight excluding hydrogens is 398 g/mol. The summed E-state index contributed by atoms with van der Waals surface area (Å²) >= 11 is 6.11. The molecule has 0 fully saturated rings. The maximum atomic E-state index is 12.5. The number of hydrogen-bond acceptors (Lipinski definition) is 4. The van der Waals surface area contributed by atoms with Crippen LogP contribution in [0.5, 0.6) is 0 Å². The summed E-state index contributed by atoms with van der Waals surface area (Å²) in [5.74, 6) is 1.99. The molecule has 1 aliphatic rings. The van der Waals surface area contributed by atoms with Crippen molar-refractivity contribution in [1.82, 2.24) is 20.1 Å². The monoisotopic (exact) mass is 423 g/mol. The van der Waals surface area contributed by atoms with Crippen LogP contribution in [0.1, 0.15) is 46.8 Å². The second kappa shape index (κ2) is 9.87. The molecule has 156 valence electrons. The van der Waals surface area contributed by atoms with Gasteiger partial charge in [-0.1, -0.05) is 42.3 Å². The minimum atomic E-state index is -0.210. The van der Waals surface area contributed by atoms with Crippen molar-refractivity contribution in [3.05, 3.63) is 76.3 Å². The van der Waals surface area contributed by atoms with Crippen molar-refractivity contribution in [2.24, 2.45) is 0 Å². The predicted octanol–water partition coefficient (Wildman–Crippen LogP) is 4.24. The van der Waals surface area contributed by atoms with Gasteiger partial charge in [-0.3, -0.25) is 4.79 Å². The predicted molar refractivity (Wildman–Crippen MR) is 119 cm³/mol. The highest BCUT2D eigenvalue weighted by molar-refractivity contribution is 6.34. The number of nitrogens with zero attached hydrogens (tertiary/aromatic N) is 3. The number of anilines is 1. The highest BCUT2D eigenvalue weighted by atomic mass is 35.5. The Balaban J connectivity index is 1.29. The summed E-state index contributed by atoms with van der Waals surface area (Å²) in [7, 11) is 0. The summed E-state index contributed by atoms with van der Waals surface area (Å²) in [5.41, 5.74) is 2.32. The van der Waals surface area contributed by atoms with E-state index in [-0.39, 0.29) is 5.91 Å². The number of benzene rings is 2. The van der Waals surface area contributed by atoms with Crippen LogP contribution < -0.4 is 10.6 Å². The van der Waals surface area contributed by atoms with Gasteiger partial charge in [-0.2, -0.15) is 0 Å². The quantitative estimate of drug-likeness (QED) is 0.557. The summed E-state index contributed by atoms with van der Waals surface area (Å²) in [6, 6.07) is 14.9. The Hall–Kier alpha value is -2.70. The number of rotatable bonds is 7. The molecule has 2 N–H and O–H groups in total. The lowest BCUT2D eigenvalue weighted by Crippen LogP contribution is -2.19. The summed E-state index contributed by atoms with van der Waals surface area (Å²) < 4.78 is 2.29. The molecule has 1 aromatic heterocycles. The van der Waals surface area contributed by atoms with Gasteiger partial charge in [-0.25, -0.2) is 0 Å². The molecule has 4 rings (SSSR count). The largest absolute Gasteiger partial charge is 0.322 e. The molecule has 30 heavy (non-hydrogen) atoms. The Labute approximate surface area is 181 Å². The van der Waals surface area contributed by atoms with Crippen LogP contribution in [0.15, 0.2) is 48.5 Å². The van der Waals surface area contributed by atoms with Crippen molar-refractivity contribution in [1.29, 1.82) is 0 Å². The van der Waals surface area contributed by atoms with E-state index in [4.69, 9.17) is 11.6 Å². The van der Waals surface area contributed by atoms with Crippen LogP contribution in [-0.2, 0) is 25.9 Å². The maximum absolute atomic E-state index is 12.5. The minimum absolute atomic E-state index is 0.210. The molecule has 0 atom stereocenters. The van der Waals surface area contributed by atoms with E-state index in [2.05, 4.69) is 25.4 Å². The highest BCUT2D eigenvalue weighted by Crippen LogP contribution is 2.18. The summed E-state index contributed by atoms with van der Waals surface area (Å²) in [4.78, 5) is 12.5. The van der Waals surface area contributed by atoms with Crippen LogP contribution in [0.4, 0.5) is 5.69 Å². The van der Waals surface area contributed by atoms with Gasteiger partial charge in [-0.05, 0) is 42.7 Å². The molecule has 2 heterocycles. The average molecular weight is 424 g/mol. The van der Waals surface area contributed by atoms with Crippen molar-refractivity contribution in [2.45, 2.75) is 45.2 Å². The van der Waals surface area contributed by atoms with Crippen LogP contribution in [0.25, 0.3) is 0 Å². The normalized spacial score (nSPS) is 13.5. The smallest absolute Gasteiger partial charge is 0.257 e. The van der Waals surface area contributed by atoms with Crippen LogP contribution >= 0.6 is 11.6 Å². The van der Waals surface area contributed by atoms with Gasteiger partial charge < -0.3 is 15.2 Å². The second-order valence-corrected chi connectivity index (χ2v) is 7.96. The number of fused-ring (bicyclic) bond motifs is 1. The molecule has 0 bridgehead atoms. The van der Waals surface area contributed by atoms with Crippen LogP contribution in [0, 0.1) is 0 Å². The molecule has 0 saturated heterocycles. The summed E-state index contributed by atoms with van der Waals surface area (Å²) in [6.45, 7) is 2.58. The number of carbonyl (C=O) groups is 1. The first-order valence-corrected chi connectivity index (χ1v) is 10.8. The van der Waals surface area contributed by atoms with Crippen LogP contribution in [0.3, 0.4) is 0 Å². The van der Waals surface area contributed by atoms with E-state index < -0.39 is 0 Å². The Morgan fingerprint density at radius 3 is 2.87 bits per heavy atom. The molecule has 0 unspecified atom stereocenters. The lowest BCUT2D eigenvalue weighted by atomic mass is 10.1. The third-order valence-corrected chi connectivity index (χ3v) is 5.67. The third kappa shape index (κ3) is 5.07. The Morgan fingerprint density at radius 1 is 1.07 bits per heavy atom. The lowest BCUT2D eigenvalue weighted by molar-refractivity contribution is 0.102. The molecule has 3 aromatic rings. The molecule has 0 saturated carbocycles. The molecular formula is C23H26ClN5O. The second-order valence-electron chi connectivity index (χ2n) is 7.56. The van der Waals surface area contributed by atoms with Gasteiger partial charge in [0.1, 0.15) is 11.6 Å². The zero-order valence-corrected chi connectivity index (χ0v) is 17.7. The number of halogens is 1. The molecule has 2 aromatic carbocycles. The maximum Gasteiger partial charge on any atom is 0.257 e. The fourth-order valence-electron chi connectivity index (χ4n) is 3.77. The van der Waals surface area contributed by atoms with Gasteiger partial charge in [0.05, 0.1) is 10.6 Å². The Bertz CT molecular complexity index is 1020. The molecule has 6 nitrogen and oxygen atoms in total. The van der Waals surface area contributed by atoms with Gasteiger partial charge in [0, 0.05) is 38.2 Å². The van der Waals surface area contributed by atoms with Crippen molar-refractivity contribution < 1.29 is 4.79 Å². The van der Waals surface area contributed by atoms with E-state index in [1.165, 1.54) is 19.3 Å². The minimum Gasteiger partial charge on any atom is -0.322 e. The zero-order chi connectivity index (χ0) is 20.8. The number of aromatic nitrogens is 3. The van der Waals surface area contributed by atoms with Crippen LogP contribution in [-0.4, -0.2) is 27.2 Å². The number of nitrogens with one attached hydrogen (secondary N) is 2. The van der Waals surface area contributed by atoms with E-state index in [0.29, 0.717) is 10.6 Å². The number of amides is 1. The standard InChI is InChI=1S/C23H26ClN5O/c24-20-10-4-3-9-19(20)23(30)26-18-8-6-7-17(15-18)16-25-13-12-22-28-27-21-11-2-1-5-14-29(21)22/h3-4,6-10,15,25H,1-2,5,11-14,16H2,(H,26,30). The average Bonchev–Trinajstić information content (AvgIpc) is 2.97. The molecule has 0 radical (unpaired) electrons. The lowest BCUT2D eigenvalue weighted by Gasteiger charge is -2.10. The summed E-state index contributed by atoms with van der Waals surface area (Å²) in [5, 5.41) is 15.6. The van der Waals surface area contributed by atoms with Gasteiger partial charge in [0.25, 0.3) is 5.91 Å². The molecule has 0 aliphatic carbocycles. The fourth-order valence-corrected chi connectivity index (χ4v) is 3.99. The third-order valence-electron chi connectivity index (χ3n) is 5.34. The first-order chi connectivity index (χ1) is 14.7. The SMILES string of the molecule is O=C(Nc1cccc(CNCCc2nnc3n2CCCCC3)c1)c1ccccc1Cl. The van der Waals surface area contributed by atoms with Crippen molar-refractivity contribution in [2.75, 3.05) is 11.9 Å². The Kier molecular flexibility index (Phi) is 6.77. The fraction of sp³-hybridized carbons (Fsp3) is 0.348. The van der Waals surface area contributed by atoms with Gasteiger partial charge in [0.2, 0.25) is 0 Å². The number of carbonyl (C=O) groups excluding carboxylic acids is 1. The summed E-state index contributed by atoms with van der Waals surface area (Å²) in [6.07, 6.45) is 5.57. The molecule has 7 heteroatoms. The van der Waals surface area contributed by atoms with E-state index in [0.717, 1.165) is 55.4 Å². The number of aryl methyl sites for hydroxylation is 1. The van der Waals surface area contributed by atoms with Gasteiger partial charge in [0.15, 0.2) is 0 Å². The van der Waals surface area contributed by atoms with Gasteiger partial charge >= 0.3 is 0 Å². The van der Waals surface area contributed by atoms with E-state index in [9.17, 15) is 4.79 Å². The zero-order valence-electron chi connectivity index (χ0n) is 16.9.